The summed E-state index contributed by atoms with van der Waals surface area (Å²) in [5, 5.41) is 0. The second-order valence-corrected chi connectivity index (χ2v) is 2.68. The molecule has 0 atom stereocenters. The lowest BCUT2D eigenvalue weighted by atomic mass is 10.1. The summed E-state index contributed by atoms with van der Waals surface area (Å²) >= 11 is 0. The maximum absolute atomic E-state index is 5.29. The Balaban J connectivity index is 3.04. The van der Waals surface area contributed by atoms with Gasteiger partial charge < -0.3 is 5.73 Å². The van der Waals surface area contributed by atoms with Crippen molar-refractivity contribution in [1.82, 2.24) is 0 Å². The number of nitrogens with two attached hydrogens (primary N) is 1. The van der Waals surface area contributed by atoms with Gasteiger partial charge in [-0.25, -0.2) is 0 Å². The molecule has 0 amide bonds. The molecule has 0 fully saturated rings. The van der Waals surface area contributed by atoms with Crippen molar-refractivity contribution in [1.29, 1.82) is 0 Å². The van der Waals surface area contributed by atoms with Crippen molar-refractivity contribution in [2.45, 2.75) is 26.7 Å². The predicted octanol–water partition coefficient (Wildman–Crippen LogP) is 1.94. The Hall–Kier alpha value is -0.300. The average molecular weight is 127 g/mol. The highest BCUT2D eigenvalue weighted by Gasteiger charge is 1.85. The quantitative estimate of drug-likeness (QED) is 0.574. The van der Waals surface area contributed by atoms with E-state index in [0.717, 1.165) is 18.9 Å². The van der Waals surface area contributed by atoms with E-state index in [1.54, 1.807) is 0 Å². The zero-order valence-corrected chi connectivity index (χ0v) is 6.43. The molecule has 0 saturated heterocycles. The third-order valence-electron chi connectivity index (χ3n) is 1.11. The molecule has 0 saturated carbocycles. The van der Waals surface area contributed by atoms with Crippen molar-refractivity contribution in [3.8, 4) is 0 Å². The first-order valence-corrected chi connectivity index (χ1v) is 3.62. The molecule has 0 aliphatic rings. The van der Waals surface area contributed by atoms with E-state index in [9.17, 15) is 0 Å². The molecule has 0 bridgehead atoms. The van der Waals surface area contributed by atoms with Crippen molar-refractivity contribution < 1.29 is 0 Å². The third-order valence-corrected chi connectivity index (χ3v) is 1.11. The molecule has 0 aromatic rings. The topological polar surface area (TPSA) is 26.0 Å². The first-order valence-electron chi connectivity index (χ1n) is 3.62. The van der Waals surface area contributed by atoms with Crippen LogP contribution in [0.25, 0.3) is 0 Å². The van der Waals surface area contributed by atoms with Gasteiger partial charge >= 0.3 is 0 Å². The highest BCUT2D eigenvalue weighted by atomic mass is 14.5. The summed E-state index contributed by atoms with van der Waals surface area (Å²) in [6.45, 7) is 5.20. The van der Waals surface area contributed by atoms with E-state index < -0.39 is 0 Å². The van der Waals surface area contributed by atoms with E-state index >= 15 is 0 Å². The van der Waals surface area contributed by atoms with Crippen molar-refractivity contribution in [3.63, 3.8) is 0 Å². The molecule has 0 aliphatic carbocycles. The minimum Gasteiger partial charge on any atom is -0.330 e. The Labute approximate surface area is 57.9 Å². The van der Waals surface area contributed by atoms with Crippen LogP contribution in [0.3, 0.4) is 0 Å². The number of rotatable bonds is 4. The molecular formula is C8H17N. The lowest BCUT2D eigenvalue weighted by Crippen LogP contribution is -1.95. The van der Waals surface area contributed by atoms with Gasteiger partial charge in [0.1, 0.15) is 0 Å². The Bertz CT molecular complexity index is 74.6. The van der Waals surface area contributed by atoms with Crippen LogP contribution >= 0.6 is 0 Å². The highest BCUT2D eigenvalue weighted by molar-refractivity contribution is 4.82. The maximum atomic E-state index is 5.29. The van der Waals surface area contributed by atoms with E-state index in [0.29, 0.717) is 0 Å². The first-order chi connectivity index (χ1) is 4.27. The van der Waals surface area contributed by atoms with Gasteiger partial charge in [0.15, 0.2) is 0 Å². The van der Waals surface area contributed by atoms with E-state index in [2.05, 4.69) is 26.0 Å². The Morgan fingerprint density at radius 1 is 1.33 bits per heavy atom. The van der Waals surface area contributed by atoms with Gasteiger partial charge in [-0.3, -0.25) is 0 Å². The molecule has 0 aliphatic heterocycles. The standard InChI is InChI=1S/C8H17N/c1-8(2)6-4-3-5-7-9/h3-4,8H,5-7,9H2,1-2H3/b4-3+. The summed E-state index contributed by atoms with van der Waals surface area (Å²) in [6.07, 6.45) is 6.56. The Kier molecular flexibility index (Phi) is 5.64. The summed E-state index contributed by atoms with van der Waals surface area (Å²) in [6, 6.07) is 0. The van der Waals surface area contributed by atoms with E-state index in [-0.39, 0.29) is 0 Å². The fourth-order valence-electron chi connectivity index (χ4n) is 0.582. The minimum atomic E-state index is 0.772. The van der Waals surface area contributed by atoms with Crippen LogP contribution in [-0.4, -0.2) is 6.54 Å². The van der Waals surface area contributed by atoms with Gasteiger partial charge in [0, 0.05) is 0 Å². The molecule has 0 aromatic carbocycles. The van der Waals surface area contributed by atoms with E-state index in [1.807, 2.05) is 0 Å². The molecule has 0 aromatic heterocycles. The molecule has 0 rings (SSSR count). The molecule has 2 N–H and O–H groups in total. The normalized spacial score (nSPS) is 11.6. The molecule has 9 heavy (non-hydrogen) atoms. The number of allylic oxidation sites excluding steroid dienone is 1. The van der Waals surface area contributed by atoms with Gasteiger partial charge in [-0.05, 0) is 25.3 Å². The number of hydrogen-bond donors (Lipinski definition) is 1. The van der Waals surface area contributed by atoms with Crippen LogP contribution in [0.2, 0.25) is 0 Å². The summed E-state index contributed by atoms with van der Waals surface area (Å²) in [5.74, 6) is 0.777. The van der Waals surface area contributed by atoms with Gasteiger partial charge in [-0.1, -0.05) is 26.0 Å². The smallest absolute Gasteiger partial charge is 0.00426 e. The Morgan fingerprint density at radius 3 is 2.44 bits per heavy atom. The molecule has 1 nitrogen and oxygen atoms in total. The second kappa shape index (κ2) is 5.83. The summed E-state index contributed by atoms with van der Waals surface area (Å²) < 4.78 is 0. The molecule has 54 valence electrons. The van der Waals surface area contributed by atoms with Crippen LogP contribution in [0.5, 0.6) is 0 Å². The lowest BCUT2D eigenvalue weighted by molar-refractivity contribution is 0.662. The van der Waals surface area contributed by atoms with Crippen molar-refractivity contribution in [2.75, 3.05) is 6.54 Å². The average Bonchev–Trinajstić information content (AvgIpc) is 1.80. The van der Waals surface area contributed by atoms with Crippen LogP contribution in [0.1, 0.15) is 26.7 Å². The molecular weight excluding hydrogens is 110 g/mol. The van der Waals surface area contributed by atoms with Crippen LogP contribution in [0.4, 0.5) is 0 Å². The first kappa shape index (κ1) is 8.70. The van der Waals surface area contributed by atoms with Crippen molar-refractivity contribution in [3.05, 3.63) is 12.2 Å². The Morgan fingerprint density at radius 2 is 2.00 bits per heavy atom. The van der Waals surface area contributed by atoms with Gasteiger partial charge in [0.25, 0.3) is 0 Å². The van der Waals surface area contributed by atoms with Crippen LogP contribution in [-0.2, 0) is 0 Å². The zero-order valence-electron chi connectivity index (χ0n) is 6.43. The monoisotopic (exact) mass is 127 g/mol. The fourth-order valence-corrected chi connectivity index (χ4v) is 0.582. The SMILES string of the molecule is CC(C)C/C=C/CCN. The third kappa shape index (κ3) is 7.70. The van der Waals surface area contributed by atoms with Crippen molar-refractivity contribution >= 4 is 0 Å². The minimum absolute atomic E-state index is 0.772. The van der Waals surface area contributed by atoms with E-state index in [1.165, 1.54) is 6.42 Å². The summed E-state index contributed by atoms with van der Waals surface area (Å²) in [4.78, 5) is 0. The summed E-state index contributed by atoms with van der Waals surface area (Å²) in [5.41, 5.74) is 5.29. The lowest BCUT2D eigenvalue weighted by Gasteiger charge is -1.95. The molecule has 0 unspecified atom stereocenters. The highest BCUT2D eigenvalue weighted by Crippen LogP contribution is 1.99. The molecule has 1 heteroatoms. The van der Waals surface area contributed by atoms with Crippen LogP contribution in [0, 0.1) is 5.92 Å². The van der Waals surface area contributed by atoms with E-state index in [4.69, 9.17) is 5.73 Å². The van der Waals surface area contributed by atoms with Gasteiger partial charge in [0.2, 0.25) is 0 Å². The van der Waals surface area contributed by atoms with Gasteiger partial charge in [0.05, 0.1) is 0 Å². The van der Waals surface area contributed by atoms with Crippen molar-refractivity contribution in [2.24, 2.45) is 11.7 Å². The van der Waals surface area contributed by atoms with Gasteiger partial charge in [-0.2, -0.15) is 0 Å². The van der Waals surface area contributed by atoms with Crippen LogP contribution < -0.4 is 5.73 Å². The second-order valence-electron chi connectivity index (χ2n) is 2.68. The maximum Gasteiger partial charge on any atom is -0.00426 e. The fraction of sp³-hybridized carbons (Fsp3) is 0.750. The van der Waals surface area contributed by atoms with Gasteiger partial charge in [-0.15, -0.1) is 0 Å². The zero-order chi connectivity index (χ0) is 7.11. The largest absolute Gasteiger partial charge is 0.330 e. The van der Waals surface area contributed by atoms with Crippen LogP contribution in [0.15, 0.2) is 12.2 Å². The summed E-state index contributed by atoms with van der Waals surface area (Å²) in [7, 11) is 0. The number of hydrogen-bond acceptors (Lipinski definition) is 1. The molecule has 0 heterocycles. The molecule has 0 spiro atoms. The molecule has 0 radical (unpaired) electrons. The predicted molar refractivity (Wildman–Crippen MR) is 42.3 cm³/mol.